The number of benzene rings is 2. The van der Waals surface area contributed by atoms with Gasteiger partial charge < -0.3 is 19.7 Å². The van der Waals surface area contributed by atoms with Gasteiger partial charge in [0.1, 0.15) is 11.8 Å². The molecule has 1 amide bonds. The lowest BCUT2D eigenvalue weighted by atomic mass is 10.1. The third-order valence-electron chi connectivity index (χ3n) is 4.74. The molecule has 27 heavy (non-hydrogen) atoms. The second-order valence-corrected chi connectivity index (χ2v) is 6.67. The summed E-state index contributed by atoms with van der Waals surface area (Å²) in [4.78, 5) is 12.4. The number of para-hydroxylation sites is 1. The van der Waals surface area contributed by atoms with E-state index in [-0.39, 0.29) is 5.91 Å². The van der Waals surface area contributed by atoms with Crippen LogP contribution in [-0.2, 0) is 11.3 Å². The third-order valence-corrected chi connectivity index (χ3v) is 4.74. The molecular formula is C21H22N4O2. The van der Waals surface area contributed by atoms with E-state index >= 15 is 0 Å². The highest BCUT2D eigenvalue weighted by molar-refractivity contribution is 6.09. The Balaban J connectivity index is 1.60. The first-order valence-electron chi connectivity index (χ1n) is 9.08. The van der Waals surface area contributed by atoms with Crippen molar-refractivity contribution in [2.24, 2.45) is 0 Å². The van der Waals surface area contributed by atoms with Gasteiger partial charge >= 0.3 is 0 Å². The van der Waals surface area contributed by atoms with Gasteiger partial charge in [0.15, 0.2) is 5.82 Å². The normalized spacial score (nSPS) is 12.4. The van der Waals surface area contributed by atoms with E-state index in [9.17, 15) is 4.79 Å². The van der Waals surface area contributed by atoms with Crippen molar-refractivity contribution in [1.82, 2.24) is 9.72 Å². The molecule has 1 unspecified atom stereocenters. The van der Waals surface area contributed by atoms with E-state index < -0.39 is 6.04 Å². The minimum atomic E-state index is -0.418. The van der Waals surface area contributed by atoms with Gasteiger partial charge in [-0.15, -0.1) is 0 Å². The average molecular weight is 362 g/mol. The first-order chi connectivity index (χ1) is 13.1. The van der Waals surface area contributed by atoms with Gasteiger partial charge in [0.05, 0.1) is 0 Å². The highest BCUT2D eigenvalue weighted by atomic mass is 16.5. The van der Waals surface area contributed by atoms with E-state index in [0.29, 0.717) is 11.6 Å². The van der Waals surface area contributed by atoms with Crippen molar-refractivity contribution in [3.63, 3.8) is 0 Å². The molecule has 0 aliphatic carbocycles. The van der Waals surface area contributed by atoms with Gasteiger partial charge in [0.2, 0.25) is 5.91 Å². The van der Waals surface area contributed by atoms with Gasteiger partial charge in [-0.05, 0) is 45.0 Å². The number of hydrogen-bond acceptors (Lipinski definition) is 4. The minimum absolute atomic E-state index is 0.167. The van der Waals surface area contributed by atoms with Crippen molar-refractivity contribution in [3.8, 4) is 0 Å². The summed E-state index contributed by atoms with van der Waals surface area (Å²) in [7, 11) is 0. The van der Waals surface area contributed by atoms with Gasteiger partial charge in [0, 0.05) is 40.1 Å². The minimum Gasteiger partial charge on any atom is -0.374 e. The van der Waals surface area contributed by atoms with Crippen molar-refractivity contribution in [3.05, 3.63) is 54.3 Å². The molecule has 2 heterocycles. The molecule has 0 aliphatic rings. The van der Waals surface area contributed by atoms with Crippen LogP contribution in [0.3, 0.4) is 0 Å². The molecule has 0 fully saturated rings. The molecule has 0 radical (unpaired) electrons. The van der Waals surface area contributed by atoms with E-state index in [1.807, 2.05) is 13.0 Å². The summed E-state index contributed by atoms with van der Waals surface area (Å²) in [5.41, 5.74) is 3.32. The van der Waals surface area contributed by atoms with Crippen LogP contribution in [0.25, 0.3) is 21.8 Å². The topological polar surface area (TPSA) is 72.1 Å². The number of amides is 1. The molecule has 1 atom stereocenters. The molecule has 2 aromatic carbocycles. The number of rotatable bonds is 5. The maximum Gasteiger partial charge on any atom is 0.247 e. The smallest absolute Gasteiger partial charge is 0.247 e. The third kappa shape index (κ3) is 3.14. The fourth-order valence-electron chi connectivity index (χ4n) is 3.46. The highest BCUT2D eigenvalue weighted by Gasteiger charge is 2.16. The molecule has 0 aliphatic heterocycles. The summed E-state index contributed by atoms with van der Waals surface area (Å²) in [5, 5.41) is 12.2. The van der Waals surface area contributed by atoms with E-state index in [1.165, 1.54) is 21.8 Å². The van der Waals surface area contributed by atoms with Crippen molar-refractivity contribution in [2.45, 2.75) is 33.4 Å². The lowest BCUT2D eigenvalue weighted by molar-refractivity contribution is -0.116. The maximum atomic E-state index is 12.4. The molecule has 4 aromatic rings. The summed E-state index contributed by atoms with van der Waals surface area (Å²) < 4.78 is 7.28. The Labute approximate surface area is 157 Å². The Hall–Kier alpha value is -3.28. The Morgan fingerprint density at radius 3 is 2.67 bits per heavy atom. The lowest BCUT2D eigenvalue weighted by Gasteiger charge is -2.14. The number of carbonyl (C=O) groups excluding carboxylic acids is 1. The number of fused-ring (bicyclic) bond motifs is 3. The van der Waals surface area contributed by atoms with E-state index in [2.05, 4.69) is 63.7 Å². The van der Waals surface area contributed by atoms with Crippen LogP contribution in [0.4, 0.5) is 11.5 Å². The molecule has 2 aromatic heterocycles. The predicted molar refractivity (Wildman–Crippen MR) is 108 cm³/mol. The number of aryl methyl sites for hydroxylation is 2. The SMILES string of the molecule is CCn1c2ccccc2c2cc(NC(C)C(=O)Nc3cc(C)on3)ccc21. The summed E-state index contributed by atoms with van der Waals surface area (Å²) in [5.74, 6) is 0.913. The Kier molecular flexibility index (Phi) is 4.32. The molecule has 138 valence electrons. The van der Waals surface area contributed by atoms with Gasteiger partial charge in [-0.1, -0.05) is 23.4 Å². The lowest BCUT2D eigenvalue weighted by Crippen LogP contribution is -2.31. The summed E-state index contributed by atoms with van der Waals surface area (Å²) in [6.45, 7) is 6.66. The fourth-order valence-corrected chi connectivity index (χ4v) is 3.46. The molecule has 4 rings (SSSR count). The van der Waals surface area contributed by atoms with Crippen LogP contribution in [0.2, 0.25) is 0 Å². The fraction of sp³-hybridized carbons (Fsp3) is 0.238. The van der Waals surface area contributed by atoms with Crippen molar-refractivity contribution in [2.75, 3.05) is 10.6 Å². The standard InChI is InChI=1S/C21H22N4O2/c1-4-25-18-8-6-5-7-16(18)17-12-15(9-10-19(17)25)22-14(3)21(26)23-20-11-13(2)27-24-20/h5-12,14,22H,4H2,1-3H3,(H,23,24,26). The van der Waals surface area contributed by atoms with Gasteiger partial charge in [-0.2, -0.15) is 0 Å². The van der Waals surface area contributed by atoms with Gasteiger partial charge in [-0.3, -0.25) is 4.79 Å². The van der Waals surface area contributed by atoms with Crippen LogP contribution < -0.4 is 10.6 Å². The Morgan fingerprint density at radius 1 is 1.15 bits per heavy atom. The van der Waals surface area contributed by atoms with E-state index in [1.54, 1.807) is 13.0 Å². The largest absolute Gasteiger partial charge is 0.374 e. The van der Waals surface area contributed by atoms with Crippen LogP contribution in [0.5, 0.6) is 0 Å². The molecular weight excluding hydrogens is 340 g/mol. The second-order valence-electron chi connectivity index (χ2n) is 6.67. The molecule has 6 heteroatoms. The predicted octanol–water partition coefficient (Wildman–Crippen LogP) is 4.55. The molecule has 6 nitrogen and oxygen atoms in total. The highest BCUT2D eigenvalue weighted by Crippen LogP contribution is 2.31. The molecule has 0 saturated heterocycles. The number of hydrogen-bond donors (Lipinski definition) is 2. The maximum absolute atomic E-state index is 12.4. The van der Waals surface area contributed by atoms with E-state index in [4.69, 9.17) is 4.52 Å². The van der Waals surface area contributed by atoms with Crippen LogP contribution in [-0.4, -0.2) is 21.7 Å². The number of anilines is 2. The number of aromatic nitrogens is 2. The van der Waals surface area contributed by atoms with Gasteiger partial charge in [-0.25, -0.2) is 0 Å². The van der Waals surface area contributed by atoms with E-state index in [0.717, 1.165) is 12.2 Å². The van der Waals surface area contributed by atoms with Crippen molar-refractivity contribution >= 4 is 39.2 Å². The first kappa shape index (κ1) is 17.1. The molecule has 0 spiro atoms. The average Bonchev–Trinajstić information content (AvgIpc) is 3.22. The van der Waals surface area contributed by atoms with Gasteiger partial charge in [0.25, 0.3) is 0 Å². The van der Waals surface area contributed by atoms with Crippen molar-refractivity contribution < 1.29 is 9.32 Å². The Morgan fingerprint density at radius 2 is 1.93 bits per heavy atom. The second kappa shape index (κ2) is 6.79. The number of carbonyl (C=O) groups is 1. The quantitative estimate of drug-likeness (QED) is 0.546. The number of nitrogens with zero attached hydrogens (tertiary/aromatic N) is 2. The monoisotopic (exact) mass is 362 g/mol. The molecule has 0 bridgehead atoms. The van der Waals surface area contributed by atoms with Crippen molar-refractivity contribution in [1.29, 1.82) is 0 Å². The molecule has 2 N–H and O–H groups in total. The van der Waals surface area contributed by atoms with Crippen LogP contribution in [0.1, 0.15) is 19.6 Å². The van der Waals surface area contributed by atoms with Crippen LogP contribution >= 0.6 is 0 Å². The number of nitrogens with one attached hydrogen (secondary N) is 2. The summed E-state index contributed by atoms with van der Waals surface area (Å²) >= 11 is 0. The summed E-state index contributed by atoms with van der Waals surface area (Å²) in [6.07, 6.45) is 0. The van der Waals surface area contributed by atoms with Crippen LogP contribution in [0, 0.1) is 6.92 Å². The first-order valence-corrected chi connectivity index (χ1v) is 9.08. The summed E-state index contributed by atoms with van der Waals surface area (Å²) in [6, 6.07) is 15.9. The Bertz CT molecular complexity index is 1130. The zero-order valence-electron chi connectivity index (χ0n) is 15.6. The zero-order valence-corrected chi connectivity index (χ0v) is 15.6. The molecule has 0 saturated carbocycles. The zero-order chi connectivity index (χ0) is 19.0. The van der Waals surface area contributed by atoms with Crippen LogP contribution in [0.15, 0.2) is 53.1 Å².